The summed E-state index contributed by atoms with van der Waals surface area (Å²) >= 11 is 0. The summed E-state index contributed by atoms with van der Waals surface area (Å²) in [6, 6.07) is 6.65. The van der Waals surface area contributed by atoms with Crippen molar-refractivity contribution < 1.29 is 17.9 Å². The second-order valence-corrected chi connectivity index (χ2v) is 5.38. The Kier molecular flexibility index (Phi) is 3.50. The lowest BCUT2D eigenvalue weighted by atomic mass is 9.97. The summed E-state index contributed by atoms with van der Waals surface area (Å²) in [5, 5.41) is 7.10. The molecule has 1 aromatic heterocycles. The number of aromatic nitrogens is 2. The van der Waals surface area contributed by atoms with Gasteiger partial charge in [-0.1, -0.05) is 12.1 Å². The topological polar surface area (TPSA) is 39.1 Å². The molecule has 0 bridgehead atoms. The fraction of sp³-hybridized carbons (Fsp3) is 0.400. The van der Waals surface area contributed by atoms with E-state index in [-0.39, 0.29) is 6.42 Å². The molecule has 1 aliphatic heterocycles. The monoisotopic (exact) mass is 311 g/mol. The number of methoxy groups -OCH3 is 1. The van der Waals surface area contributed by atoms with Gasteiger partial charge in [-0.15, -0.1) is 0 Å². The minimum Gasteiger partial charge on any atom is -0.497 e. The van der Waals surface area contributed by atoms with Gasteiger partial charge >= 0.3 is 6.18 Å². The lowest BCUT2D eigenvalue weighted by molar-refractivity contribution is -0.173. The number of anilines is 1. The van der Waals surface area contributed by atoms with Crippen molar-refractivity contribution in [1.82, 2.24) is 9.78 Å². The lowest BCUT2D eigenvalue weighted by Gasteiger charge is -2.33. The molecular weight excluding hydrogens is 295 g/mol. The second kappa shape index (κ2) is 5.23. The van der Waals surface area contributed by atoms with Crippen molar-refractivity contribution in [2.24, 2.45) is 0 Å². The standard InChI is InChI=1S/C15H16F3N3O/c1-9-6-14-19-12(10-4-3-5-11(7-10)22-2)8-13(15(16,17)18)21(14)20-9/h3-7,12-13,19H,8H2,1-2H3/t12-,13+/m0/s1. The summed E-state index contributed by atoms with van der Waals surface area (Å²) in [4.78, 5) is 0. The Morgan fingerprint density at radius 1 is 1.32 bits per heavy atom. The van der Waals surface area contributed by atoms with Gasteiger partial charge in [0.25, 0.3) is 0 Å². The predicted molar refractivity (Wildman–Crippen MR) is 76.0 cm³/mol. The molecular formula is C15H16F3N3O. The number of ether oxygens (including phenoxy) is 1. The molecule has 1 N–H and O–H groups in total. The number of nitrogens with zero attached hydrogens (tertiary/aromatic N) is 2. The highest BCUT2D eigenvalue weighted by molar-refractivity contribution is 5.44. The van der Waals surface area contributed by atoms with Gasteiger partial charge in [-0.05, 0) is 24.6 Å². The molecule has 118 valence electrons. The van der Waals surface area contributed by atoms with Crippen LogP contribution >= 0.6 is 0 Å². The number of rotatable bonds is 2. The highest BCUT2D eigenvalue weighted by atomic mass is 19.4. The Hall–Kier alpha value is -2.18. The van der Waals surface area contributed by atoms with Crippen LogP contribution in [0.3, 0.4) is 0 Å². The Morgan fingerprint density at radius 3 is 2.77 bits per heavy atom. The van der Waals surface area contributed by atoms with Gasteiger partial charge < -0.3 is 10.1 Å². The number of alkyl halides is 3. The zero-order valence-corrected chi connectivity index (χ0v) is 12.2. The quantitative estimate of drug-likeness (QED) is 0.915. The maximum absolute atomic E-state index is 13.4. The summed E-state index contributed by atoms with van der Waals surface area (Å²) in [6.45, 7) is 1.68. The average molecular weight is 311 g/mol. The van der Waals surface area contributed by atoms with Crippen molar-refractivity contribution in [3.8, 4) is 5.75 Å². The first-order chi connectivity index (χ1) is 10.4. The third kappa shape index (κ3) is 2.63. The van der Waals surface area contributed by atoms with Crippen molar-refractivity contribution >= 4 is 5.82 Å². The molecule has 1 aromatic carbocycles. The summed E-state index contributed by atoms with van der Waals surface area (Å²) in [6.07, 6.45) is -4.45. The van der Waals surface area contributed by atoms with Crippen LogP contribution in [0.4, 0.5) is 19.0 Å². The molecule has 3 rings (SSSR count). The zero-order chi connectivity index (χ0) is 15.9. The van der Waals surface area contributed by atoms with E-state index in [0.717, 1.165) is 10.2 Å². The maximum Gasteiger partial charge on any atom is 0.410 e. The van der Waals surface area contributed by atoms with Crippen molar-refractivity contribution in [3.05, 3.63) is 41.6 Å². The average Bonchev–Trinajstić information content (AvgIpc) is 2.85. The first kappa shape index (κ1) is 14.7. The van der Waals surface area contributed by atoms with E-state index in [9.17, 15) is 13.2 Å². The fourth-order valence-electron chi connectivity index (χ4n) is 2.77. The molecule has 2 heterocycles. The Balaban J connectivity index is 1.99. The molecule has 4 nitrogen and oxygen atoms in total. The Bertz CT molecular complexity index is 681. The van der Waals surface area contributed by atoms with Gasteiger partial charge in [-0.25, -0.2) is 4.68 Å². The predicted octanol–water partition coefficient (Wildman–Crippen LogP) is 3.86. The molecule has 0 spiro atoms. The molecule has 0 aliphatic carbocycles. The first-order valence-electron chi connectivity index (χ1n) is 6.92. The minimum absolute atomic E-state index is 0.106. The van der Waals surface area contributed by atoms with E-state index in [0.29, 0.717) is 17.3 Å². The van der Waals surface area contributed by atoms with Gasteiger partial charge in [-0.2, -0.15) is 18.3 Å². The van der Waals surface area contributed by atoms with E-state index in [2.05, 4.69) is 10.4 Å². The van der Waals surface area contributed by atoms with Crippen LogP contribution in [0, 0.1) is 6.92 Å². The van der Waals surface area contributed by atoms with Gasteiger partial charge in [0.15, 0.2) is 6.04 Å². The summed E-state index contributed by atoms with van der Waals surface area (Å²) in [5.41, 5.74) is 1.32. The first-order valence-corrected chi connectivity index (χ1v) is 6.92. The highest BCUT2D eigenvalue weighted by Gasteiger charge is 2.46. The Labute approximate surface area is 125 Å². The minimum atomic E-state index is -4.34. The molecule has 22 heavy (non-hydrogen) atoms. The van der Waals surface area contributed by atoms with Crippen LogP contribution in [0.2, 0.25) is 0 Å². The molecule has 0 saturated heterocycles. The molecule has 0 fully saturated rings. The molecule has 1 aliphatic rings. The van der Waals surface area contributed by atoms with Crippen LogP contribution in [0.15, 0.2) is 30.3 Å². The number of hydrogen-bond donors (Lipinski definition) is 1. The van der Waals surface area contributed by atoms with Gasteiger partial charge in [0.2, 0.25) is 0 Å². The van der Waals surface area contributed by atoms with E-state index in [1.807, 2.05) is 0 Å². The fourth-order valence-corrected chi connectivity index (χ4v) is 2.77. The van der Waals surface area contributed by atoms with E-state index < -0.39 is 18.3 Å². The zero-order valence-electron chi connectivity index (χ0n) is 12.2. The van der Waals surface area contributed by atoms with Gasteiger partial charge in [0, 0.05) is 12.5 Å². The van der Waals surface area contributed by atoms with Crippen LogP contribution in [-0.2, 0) is 0 Å². The molecule has 0 amide bonds. The van der Waals surface area contributed by atoms with Crippen molar-refractivity contribution in [1.29, 1.82) is 0 Å². The van der Waals surface area contributed by atoms with Crippen molar-refractivity contribution in [3.63, 3.8) is 0 Å². The van der Waals surface area contributed by atoms with Gasteiger partial charge in [-0.3, -0.25) is 0 Å². The highest BCUT2D eigenvalue weighted by Crippen LogP contribution is 2.43. The SMILES string of the molecule is COc1cccc([C@@H]2C[C@H](C(F)(F)F)n3nc(C)cc3N2)c1. The number of benzene rings is 1. The van der Waals surface area contributed by atoms with E-state index in [4.69, 9.17) is 4.74 Å². The third-order valence-corrected chi connectivity index (χ3v) is 3.81. The van der Waals surface area contributed by atoms with E-state index in [1.165, 1.54) is 7.11 Å². The van der Waals surface area contributed by atoms with Crippen LogP contribution in [0.1, 0.15) is 29.8 Å². The van der Waals surface area contributed by atoms with Crippen LogP contribution in [0.25, 0.3) is 0 Å². The number of halogens is 3. The number of aryl methyl sites for hydroxylation is 1. The maximum atomic E-state index is 13.4. The summed E-state index contributed by atoms with van der Waals surface area (Å²) in [7, 11) is 1.53. The Morgan fingerprint density at radius 2 is 2.09 bits per heavy atom. The molecule has 2 aromatic rings. The molecule has 2 atom stereocenters. The van der Waals surface area contributed by atoms with Crippen LogP contribution in [0.5, 0.6) is 5.75 Å². The smallest absolute Gasteiger partial charge is 0.410 e. The normalized spacial score (nSPS) is 21.1. The molecule has 0 radical (unpaired) electrons. The van der Waals surface area contributed by atoms with Gasteiger partial charge in [0.1, 0.15) is 11.6 Å². The van der Waals surface area contributed by atoms with E-state index in [1.54, 1.807) is 37.3 Å². The second-order valence-electron chi connectivity index (χ2n) is 5.38. The number of fused-ring (bicyclic) bond motifs is 1. The molecule has 0 unspecified atom stereocenters. The van der Waals surface area contributed by atoms with Crippen LogP contribution in [-0.4, -0.2) is 23.1 Å². The van der Waals surface area contributed by atoms with Crippen molar-refractivity contribution in [2.45, 2.75) is 31.6 Å². The van der Waals surface area contributed by atoms with Crippen molar-refractivity contribution in [2.75, 3.05) is 12.4 Å². The third-order valence-electron chi connectivity index (χ3n) is 3.81. The van der Waals surface area contributed by atoms with Crippen LogP contribution < -0.4 is 10.1 Å². The summed E-state index contributed by atoms with van der Waals surface area (Å²) in [5.74, 6) is 1.01. The lowest BCUT2D eigenvalue weighted by Crippen LogP contribution is -2.35. The number of nitrogens with one attached hydrogen (secondary N) is 1. The number of hydrogen-bond acceptors (Lipinski definition) is 3. The van der Waals surface area contributed by atoms with E-state index >= 15 is 0 Å². The largest absolute Gasteiger partial charge is 0.497 e. The van der Waals surface area contributed by atoms with Gasteiger partial charge in [0.05, 0.1) is 18.8 Å². The summed E-state index contributed by atoms with van der Waals surface area (Å²) < 4.78 is 46.2. The molecule has 7 heteroatoms. The molecule has 0 saturated carbocycles.